The normalized spacial score (nSPS) is 15.8. The van der Waals surface area contributed by atoms with Crippen molar-refractivity contribution in [2.75, 3.05) is 37.0 Å². The number of carboxylic acids is 1. The van der Waals surface area contributed by atoms with Crippen LogP contribution in [-0.4, -0.2) is 48.2 Å². The van der Waals surface area contributed by atoms with E-state index in [1.807, 2.05) is 23.9 Å². The molecule has 6 nitrogen and oxygen atoms in total. The van der Waals surface area contributed by atoms with Crippen molar-refractivity contribution in [2.45, 2.75) is 0 Å². The van der Waals surface area contributed by atoms with Crippen molar-refractivity contribution in [3.8, 4) is 0 Å². The number of carbonyl (C=O) groups is 1. The van der Waals surface area contributed by atoms with Crippen molar-refractivity contribution in [2.24, 2.45) is 5.92 Å². The van der Waals surface area contributed by atoms with Crippen LogP contribution in [0.15, 0.2) is 12.3 Å². The first-order valence-corrected chi connectivity index (χ1v) is 5.06. The van der Waals surface area contributed by atoms with Crippen LogP contribution >= 0.6 is 0 Å². The quantitative estimate of drug-likeness (QED) is 0.780. The summed E-state index contributed by atoms with van der Waals surface area (Å²) in [5, 5.41) is 8.77. The minimum absolute atomic E-state index is 0.266. The number of anilines is 2. The molecule has 0 spiro atoms. The molecule has 86 valence electrons. The van der Waals surface area contributed by atoms with Crippen molar-refractivity contribution in [1.82, 2.24) is 9.97 Å². The van der Waals surface area contributed by atoms with Gasteiger partial charge in [0.25, 0.3) is 0 Å². The van der Waals surface area contributed by atoms with Gasteiger partial charge in [-0.2, -0.15) is 4.98 Å². The van der Waals surface area contributed by atoms with Crippen LogP contribution in [-0.2, 0) is 4.79 Å². The summed E-state index contributed by atoms with van der Waals surface area (Å²) < 4.78 is 0. The van der Waals surface area contributed by atoms with Crippen molar-refractivity contribution >= 4 is 17.7 Å². The molecule has 1 N–H and O–H groups in total. The lowest BCUT2D eigenvalue weighted by Gasteiger charge is -2.37. The van der Waals surface area contributed by atoms with Gasteiger partial charge in [0.1, 0.15) is 5.82 Å². The van der Waals surface area contributed by atoms with Gasteiger partial charge in [-0.15, -0.1) is 0 Å². The summed E-state index contributed by atoms with van der Waals surface area (Å²) in [5.41, 5.74) is 0. The van der Waals surface area contributed by atoms with Crippen LogP contribution in [0.4, 0.5) is 11.8 Å². The number of aliphatic carboxylic acids is 1. The zero-order valence-electron chi connectivity index (χ0n) is 9.29. The van der Waals surface area contributed by atoms with E-state index in [1.54, 1.807) is 12.3 Å². The van der Waals surface area contributed by atoms with Gasteiger partial charge in [-0.3, -0.25) is 4.79 Å². The van der Waals surface area contributed by atoms with E-state index in [9.17, 15) is 4.79 Å². The van der Waals surface area contributed by atoms with Crippen molar-refractivity contribution in [1.29, 1.82) is 0 Å². The van der Waals surface area contributed by atoms with Crippen molar-refractivity contribution < 1.29 is 9.90 Å². The smallest absolute Gasteiger partial charge is 0.310 e. The number of aromatic nitrogens is 2. The summed E-state index contributed by atoms with van der Waals surface area (Å²) in [6, 6.07) is 1.80. The molecule has 1 saturated heterocycles. The highest BCUT2D eigenvalue weighted by atomic mass is 16.4. The second-order valence-electron chi connectivity index (χ2n) is 4.05. The minimum Gasteiger partial charge on any atom is -0.481 e. The van der Waals surface area contributed by atoms with Gasteiger partial charge in [-0.25, -0.2) is 4.98 Å². The average molecular weight is 222 g/mol. The number of nitrogens with zero attached hydrogens (tertiary/aromatic N) is 4. The summed E-state index contributed by atoms with van der Waals surface area (Å²) in [5.74, 6) is 0.420. The molecule has 1 aromatic rings. The summed E-state index contributed by atoms with van der Waals surface area (Å²) in [6.45, 7) is 1.05. The predicted molar refractivity (Wildman–Crippen MR) is 59.7 cm³/mol. The van der Waals surface area contributed by atoms with Gasteiger partial charge in [-0.05, 0) is 6.07 Å². The summed E-state index contributed by atoms with van der Waals surface area (Å²) >= 11 is 0. The Morgan fingerprint density at radius 1 is 1.56 bits per heavy atom. The lowest BCUT2D eigenvalue weighted by molar-refractivity contribution is -0.142. The zero-order chi connectivity index (χ0) is 11.7. The summed E-state index contributed by atoms with van der Waals surface area (Å²) in [6.07, 6.45) is 1.69. The van der Waals surface area contributed by atoms with Crippen molar-refractivity contribution in [3.05, 3.63) is 12.3 Å². The minimum atomic E-state index is -0.738. The van der Waals surface area contributed by atoms with E-state index >= 15 is 0 Å². The van der Waals surface area contributed by atoms with Crippen LogP contribution in [0.1, 0.15) is 0 Å². The first kappa shape index (κ1) is 10.7. The number of hydrogen-bond acceptors (Lipinski definition) is 5. The Morgan fingerprint density at radius 3 is 2.81 bits per heavy atom. The largest absolute Gasteiger partial charge is 0.481 e. The van der Waals surface area contributed by atoms with Gasteiger partial charge < -0.3 is 14.9 Å². The van der Waals surface area contributed by atoms with Gasteiger partial charge >= 0.3 is 5.97 Å². The molecule has 0 bridgehead atoms. The molecular formula is C10H14N4O2. The van der Waals surface area contributed by atoms with Crippen LogP contribution in [0, 0.1) is 5.92 Å². The van der Waals surface area contributed by atoms with Crippen molar-refractivity contribution in [3.63, 3.8) is 0 Å². The zero-order valence-corrected chi connectivity index (χ0v) is 9.29. The molecule has 0 radical (unpaired) electrons. The third-order valence-electron chi connectivity index (χ3n) is 2.58. The Bertz CT molecular complexity index is 402. The van der Waals surface area contributed by atoms with Gasteiger partial charge in [0.15, 0.2) is 0 Å². The first-order chi connectivity index (χ1) is 7.58. The molecular weight excluding hydrogens is 208 g/mol. The molecule has 1 fully saturated rings. The second-order valence-corrected chi connectivity index (χ2v) is 4.05. The maximum Gasteiger partial charge on any atom is 0.310 e. The first-order valence-electron chi connectivity index (χ1n) is 5.06. The second kappa shape index (κ2) is 3.96. The van der Waals surface area contributed by atoms with Crippen LogP contribution in [0.5, 0.6) is 0 Å². The molecule has 1 aliphatic heterocycles. The highest BCUT2D eigenvalue weighted by Gasteiger charge is 2.33. The van der Waals surface area contributed by atoms with E-state index in [-0.39, 0.29) is 5.92 Å². The SMILES string of the molecule is CN(C)c1nccc(N2CC(C(=O)O)C2)n1. The van der Waals surface area contributed by atoms with E-state index in [0.29, 0.717) is 19.0 Å². The lowest BCUT2D eigenvalue weighted by atomic mass is 10.0. The highest BCUT2D eigenvalue weighted by Crippen LogP contribution is 2.23. The van der Waals surface area contributed by atoms with E-state index in [0.717, 1.165) is 5.82 Å². The Balaban J connectivity index is 2.06. The Morgan fingerprint density at radius 2 is 2.25 bits per heavy atom. The molecule has 2 rings (SSSR count). The standard InChI is InChI=1S/C10H14N4O2/c1-13(2)10-11-4-3-8(12-10)14-5-7(6-14)9(15)16/h3-4,7H,5-6H2,1-2H3,(H,15,16). The average Bonchev–Trinajstić information content (AvgIpc) is 2.15. The molecule has 1 aromatic heterocycles. The Labute approximate surface area is 93.5 Å². The van der Waals surface area contributed by atoms with E-state index in [2.05, 4.69) is 9.97 Å². The molecule has 0 saturated carbocycles. The fourth-order valence-electron chi connectivity index (χ4n) is 1.55. The predicted octanol–water partition coefficient (Wildman–Crippen LogP) is 0.0634. The molecule has 2 heterocycles. The van der Waals surface area contributed by atoms with E-state index in [4.69, 9.17) is 5.11 Å². The maximum atomic E-state index is 10.7. The van der Waals surface area contributed by atoms with E-state index < -0.39 is 5.97 Å². The fourth-order valence-corrected chi connectivity index (χ4v) is 1.55. The Kier molecular flexibility index (Phi) is 2.64. The van der Waals surface area contributed by atoms with Crippen LogP contribution in [0.25, 0.3) is 0 Å². The third-order valence-corrected chi connectivity index (χ3v) is 2.58. The summed E-state index contributed by atoms with van der Waals surface area (Å²) in [4.78, 5) is 22.9. The Hall–Kier alpha value is -1.85. The lowest BCUT2D eigenvalue weighted by Crippen LogP contribution is -2.50. The number of hydrogen-bond donors (Lipinski definition) is 1. The maximum absolute atomic E-state index is 10.7. The van der Waals surface area contributed by atoms with E-state index in [1.165, 1.54) is 0 Å². The number of carboxylic acid groups (broad SMARTS) is 1. The van der Waals surface area contributed by atoms with Gasteiger partial charge in [0.05, 0.1) is 5.92 Å². The van der Waals surface area contributed by atoms with Crippen LogP contribution in [0.2, 0.25) is 0 Å². The topological polar surface area (TPSA) is 69.6 Å². The third kappa shape index (κ3) is 1.91. The fraction of sp³-hybridized carbons (Fsp3) is 0.500. The monoisotopic (exact) mass is 222 g/mol. The molecule has 0 aliphatic carbocycles. The molecule has 0 amide bonds. The van der Waals surface area contributed by atoms with Crippen LogP contribution < -0.4 is 9.80 Å². The molecule has 0 unspecified atom stereocenters. The molecule has 16 heavy (non-hydrogen) atoms. The molecule has 1 aliphatic rings. The summed E-state index contributed by atoms with van der Waals surface area (Å²) in [7, 11) is 3.74. The van der Waals surface area contributed by atoms with Gasteiger partial charge in [0, 0.05) is 33.4 Å². The highest BCUT2D eigenvalue weighted by molar-refractivity contribution is 5.74. The van der Waals surface area contributed by atoms with Crippen LogP contribution in [0.3, 0.4) is 0 Å². The number of rotatable bonds is 3. The van der Waals surface area contributed by atoms with Gasteiger partial charge in [0.2, 0.25) is 5.95 Å². The molecule has 6 heteroatoms. The molecule has 0 aromatic carbocycles. The van der Waals surface area contributed by atoms with Gasteiger partial charge in [-0.1, -0.05) is 0 Å². The molecule has 0 atom stereocenters.